The van der Waals surface area contributed by atoms with Crippen molar-refractivity contribution in [2.24, 2.45) is 0 Å². The first-order valence-corrected chi connectivity index (χ1v) is 8.44. The summed E-state index contributed by atoms with van der Waals surface area (Å²) < 4.78 is 5.30. The van der Waals surface area contributed by atoms with Gasteiger partial charge in [-0.05, 0) is 31.0 Å². The molecule has 0 aliphatic heterocycles. The normalized spacial score (nSPS) is 15.0. The van der Waals surface area contributed by atoms with E-state index in [0.717, 1.165) is 25.7 Å². The van der Waals surface area contributed by atoms with Crippen LogP contribution in [0.2, 0.25) is 10.0 Å². The zero-order valence-electron chi connectivity index (χ0n) is 12.7. The molecule has 0 atom stereocenters. The summed E-state index contributed by atoms with van der Waals surface area (Å²) in [4.78, 5) is 23.5. The third kappa shape index (κ3) is 6.28. The van der Waals surface area contributed by atoms with Gasteiger partial charge in [-0.15, -0.1) is 0 Å². The summed E-state index contributed by atoms with van der Waals surface area (Å²) in [7, 11) is 0. The smallest absolute Gasteiger partial charge is 0.258 e. The largest absolute Gasteiger partial charge is 0.482 e. The molecule has 2 N–H and O–H groups in total. The maximum atomic E-state index is 11.8. The van der Waals surface area contributed by atoms with Crippen molar-refractivity contribution in [3.05, 3.63) is 28.2 Å². The van der Waals surface area contributed by atoms with E-state index in [1.807, 2.05) is 0 Å². The van der Waals surface area contributed by atoms with Gasteiger partial charge in [0.15, 0.2) is 6.61 Å². The van der Waals surface area contributed by atoms with Crippen LogP contribution in [0.5, 0.6) is 5.75 Å². The number of benzene rings is 1. The fourth-order valence-corrected chi connectivity index (χ4v) is 2.95. The molecule has 0 heterocycles. The van der Waals surface area contributed by atoms with E-state index in [-0.39, 0.29) is 31.0 Å². The molecule has 5 nitrogen and oxygen atoms in total. The second-order valence-electron chi connectivity index (χ2n) is 5.54. The summed E-state index contributed by atoms with van der Waals surface area (Å²) >= 11 is 11.7. The predicted molar refractivity (Wildman–Crippen MR) is 90.0 cm³/mol. The number of halogens is 2. The molecule has 126 valence electrons. The molecular formula is C16H20Cl2N2O3. The second kappa shape index (κ2) is 8.99. The molecule has 0 saturated heterocycles. The molecule has 7 heteroatoms. The molecule has 1 aliphatic rings. The fraction of sp³-hybridized carbons (Fsp3) is 0.500. The van der Waals surface area contributed by atoms with Gasteiger partial charge in [-0.2, -0.15) is 0 Å². The summed E-state index contributed by atoms with van der Waals surface area (Å²) in [5.74, 6) is -0.178. The van der Waals surface area contributed by atoms with Gasteiger partial charge in [0.2, 0.25) is 5.91 Å². The quantitative estimate of drug-likeness (QED) is 0.821. The highest BCUT2D eigenvalue weighted by atomic mass is 35.5. The van der Waals surface area contributed by atoms with Crippen LogP contribution in [0.15, 0.2) is 18.2 Å². The molecule has 0 unspecified atom stereocenters. The lowest BCUT2D eigenvalue weighted by Crippen LogP contribution is -2.43. The van der Waals surface area contributed by atoms with Crippen LogP contribution < -0.4 is 15.4 Å². The Morgan fingerprint density at radius 3 is 2.57 bits per heavy atom. The van der Waals surface area contributed by atoms with Crippen LogP contribution >= 0.6 is 23.2 Å². The van der Waals surface area contributed by atoms with E-state index in [1.165, 1.54) is 12.5 Å². The van der Waals surface area contributed by atoms with Crippen molar-refractivity contribution in [1.29, 1.82) is 0 Å². The Balaban J connectivity index is 1.67. The van der Waals surface area contributed by atoms with Crippen LogP contribution in [-0.4, -0.2) is 31.0 Å². The van der Waals surface area contributed by atoms with E-state index in [0.29, 0.717) is 15.8 Å². The number of hydrogen-bond acceptors (Lipinski definition) is 3. The molecule has 0 radical (unpaired) electrons. The molecule has 0 aromatic heterocycles. The molecule has 1 aliphatic carbocycles. The third-order valence-corrected chi connectivity index (χ3v) is 4.20. The lowest BCUT2D eigenvalue weighted by atomic mass is 9.95. The van der Waals surface area contributed by atoms with Crippen LogP contribution in [0.25, 0.3) is 0 Å². The van der Waals surface area contributed by atoms with Crippen molar-refractivity contribution in [2.45, 2.75) is 38.1 Å². The van der Waals surface area contributed by atoms with Crippen LogP contribution in [-0.2, 0) is 9.59 Å². The highest BCUT2D eigenvalue weighted by Gasteiger charge is 2.16. The predicted octanol–water partition coefficient (Wildman–Crippen LogP) is 2.94. The number of carbonyl (C=O) groups excluding carboxylic acids is 2. The Kier molecular flexibility index (Phi) is 6.99. The molecule has 0 bridgehead atoms. The Morgan fingerprint density at radius 1 is 1.13 bits per heavy atom. The van der Waals surface area contributed by atoms with Crippen LogP contribution in [0.1, 0.15) is 32.1 Å². The number of carbonyl (C=O) groups is 2. The molecule has 1 fully saturated rings. The van der Waals surface area contributed by atoms with Gasteiger partial charge in [-0.25, -0.2) is 0 Å². The first-order chi connectivity index (χ1) is 11.0. The van der Waals surface area contributed by atoms with Crippen LogP contribution in [0, 0.1) is 0 Å². The number of ether oxygens (including phenoxy) is 1. The van der Waals surface area contributed by atoms with Crippen molar-refractivity contribution in [3.8, 4) is 5.75 Å². The Hall–Kier alpha value is -1.46. The zero-order chi connectivity index (χ0) is 16.7. The summed E-state index contributed by atoms with van der Waals surface area (Å²) in [6.45, 7) is -0.259. The lowest BCUT2D eigenvalue weighted by molar-refractivity contribution is -0.127. The maximum absolute atomic E-state index is 11.8. The lowest BCUT2D eigenvalue weighted by Gasteiger charge is -2.22. The van der Waals surface area contributed by atoms with E-state index >= 15 is 0 Å². The van der Waals surface area contributed by atoms with Gasteiger partial charge in [-0.1, -0.05) is 42.5 Å². The average molecular weight is 359 g/mol. The highest BCUT2D eigenvalue weighted by Crippen LogP contribution is 2.27. The van der Waals surface area contributed by atoms with E-state index in [1.54, 1.807) is 12.1 Å². The molecule has 1 aromatic rings. The summed E-state index contributed by atoms with van der Waals surface area (Å²) in [6.07, 6.45) is 5.55. The monoisotopic (exact) mass is 358 g/mol. The number of rotatable bonds is 6. The minimum atomic E-state index is -0.380. The topological polar surface area (TPSA) is 67.4 Å². The van der Waals surface area contributed by atoms with Crippen molar-refractivity contribution in [3.63, 3.8) is 0 Å². The molecule has 1 aromatic carbocycles. The fourth-order valence-electron chi connectivity index (χ4n) is 2.49. The van der Waals surface area contributed by atoms with E-state index in [9.17, 15) is 9.59 Å². The molecule has 1 saturated carbocycles. The molecular weight excluding hydrogens is 339 g/mol. The Labute approximate surface area is 145 Å². The first kappa shape index (κ1) is 17.9. The van der Waals surface area contributed by atoms with Gasteiger partial charge < -0.3 is 15.4 Å². The Morgan fingerprint density at radius 2 is 1.87 bits per heavy atom. The van der Waals surface area contributed by atoms with Gasteiger partial charge in [0.25, 0.3) is 5.91 Å². The number of hydrogen-bond donors (Lipinski definition) is 2. The van der Waals surface area contributed by atoms with Crippen LogP contribution in [0.4, 0.5) is 0 Å². The first-order valence-electron chi connectivity index (χ1n) is 7.68. The van der Waals surface area contributed by atoms with Gasteiger partial charge in [-0.3, -0.25) is 9.59 Å². The van der Waals surface area contributed by atoms with Crippen LogP contribution in [0.3, 0.4) is 0 Å². The van der Waals surface area contributed by atoms with Crippen molar-refractivity contribution in [2.75, 3.05) is 13.2 Å². The summed E-state index contributed by atoms with van der Waals surface area (Å²) in [5.41, 5.74) is 0. The van der Waals surface area contributed by atoms with Crippen molar-refractivity contribution < 1.29 is 14.3 Å². The maximum Gasteiger partial charge on any atom is 0.258 e. The number of amides is 2. The molecule has 0 spiro atoms. The van der Waals surface area contributed by atoms with E-state index < -0.39 is 0 Å². The number of nitrogens with one attached hydrogen (secondary N) is 2. The van der Waals surface area contributed by atoms with Gasteiger partial charge in [0.05, 0.1) is 11.6 Å². The average Bonchev–Trinajstić information content (AvgIpc) is 2.53. The molecule has 2 amide bonds. The minimum absolute atomic E-state index is 0.0486. The van der Waals surface area contributed by atoms with Gasteiger partial charge in [0, 0.05) is 11.1 Å². The standard InChI is InChI=1S/C16H20Cl2N2O3/c17-11-6-7-14(13(18)8-11)23-10-16(22)19-9-15(21)20-12-4-2-1-3-5-12/h6-8,12H,1-5,9-10H2,(H,19,22)(H,20,21). The second-order valence-corrected chi connectivity index (χ2v) is 6.39. The summed E-state index contributed by atoms with van der Waals surface area (Å²) in [6, 6.07) is 4.98. The van der Waals surface area contributed by atoms with Gasteiger partial charge >= 0.3 is 0 Å². The van der Waals surface area contributed by atoms with E-state index in [4.69, 9.17) is 27.9 Å². The molecule has 2 rings (SSSR count). The SMILES string of the molecule is O=C(COc1ccc(Cl)cc1Cl)NCC(=O)NC1CCCCC1. The van der Waals surface area contributed by atoms with E-state index in [2.05, 4.69) is 10.6 Å². The third-order valence-electron chi connectivity index (χ3n) is 3.67. The van der Waals surface area contributed by atoms with Crippen molar-refractivity contribution >= 4 is 35.0 Å². The minimum Gasteiger partial charge on any atom is -0.482 e. The molecule has 23 heavy (non-hydrogen) atoms. The Bertz CT molecular complexity index is 560. The highest BCUT2D eigenvalue weighted by molar-refractivity contribution is 6.35. The van der Waals surface area contributed by atoms with Gasteiger partial charge in [0.1, 0.15) is 5.75 Å². The van der Waals surface area contributed by atoms with Crippen molar-refractivity contribution in [1.82, 2.24) is 10.6 Å². The zero-order valence-corrected chi connectivity index (χ0v) is 14.3. The summed E-state index contributed by atoms with van der Waals surface area (Å²) in [5, 5.41) is 6.29.